The van der Waals surface area contributed by atoms with Crippen molar-refractivity contribution in [2.24, 2.45) is 11.7 Å². The van der Waals surface area contributed by atoms with E-state index in [1.54, 1.807) is 7.11 Å². The predicted octanol–water partition coefficient (Wildman–Crippen LogP) is 2.65. The third kappa shape index (κ3) is 2.77. The molecular weight excluding hydrogens is 236 g/mol. The van der Waals surface area contributed by atoms with Gasteiger partial charge in [0.15, 0.2) is 0 Å². The number of aryl methyl sites for hydroxylation is 2. The van der Waals surface area contributed by atoms with Gasteiger partial charge in [0.25, 0.3) is 0 Å². The molecule has 3 nitrogen and oxygen atoms in total. The molecule has 0 aliphatic heterocycles. The molecule has 1 aromatic carbocycles. The van der Waals surface area contributed by atoms with Crippen LogP contribution >= 0.6 is 0 Å². The first-order valence-electron chi connectivity index (χ1n) is 7.01. The summed E-state index contributed by atoms with van der Waals surface area (Å²) in [6.07, 6.45) is 2.26. The lowest BCUT2D eigenvalue weighted by atomic mass is 9.72. The summed E-state index contributed by atoms with van der Waals surface area (Å²) in [5.41, 5.74) is 9.89. The number of benzene rings is 1. The predicted molar refractivity (Wildman–Crippen MR) is 79.6 cm³/mol. The van der Waals surface area contributed by atoms with E-state index in [0.717, 1.165) is 18.6 Å². The summed E-state index contributed by atoms with van der Waals surface area (Å²) in [5.74, 6) is 1.65. The number of ether oxygens (including phenoxy) is 1. The van der Waals surface area contributed by atoms with Crippen molar-refractivity contribution in [3.63, 3.8) is 0 Å². The molecule has 0 bridgehead atoms. The molecule has 0 amide bonds. The maximum Gasteiger partial charge on any atom is 0.122 e. The van der Waals surface area contributed by atoms with Crippen LogP contribution in [0.4, 0.5) is 0 Å². The van der Waals surface area contributed by atoms with Gasteiger partial charge in [-0.15, -0.1) is 0 Å². The molecule has 0 aromatic heterocycles. The van der Waals surface area contributed by atoms with Gasteiger partial charge in [0.05, 0.1) is 7.11 Å². The minimum atomic E-state index is 0.395. The van der Waals surface area contributed by atoms with Crippen molar-refractivity contribution < 1.29 is 4.74 Å². The first-order chi connectivity index (χ1) is 8.93. The zero-order valence-corrected chi connectivity index (χ0v) is 12.7. The van der Waals surface area contributed by atoms with E-state index in [0.29, 0.717) is 18.0 Å². The molecule has 0 spiro atoms. The summed E-state index contributed by atoms with van der Waals surface area (Å²) < 4.78 is 5.41. The van der Waals surface area contributed by atoms with Crippen LogP contribution in [-0.4, -0.2) is 32.1 Å². The second-order valence-corrected chi connectivity index (χ2v) is 6.08. The van der Waals surface area contributed by atoms with Crippen LogP contribution in [0.3, 0.4) is 0 Å². The van der Waals surface area contributed by atoms with Crippen LogP contribution in [0.5, 0.6) is 5.75 Å². The molecule has 2 rings (SSSR count). The van der Waals surface area contributed by atoms with Crippen LogP contribution in [0.15, 0.2) is 12.1 Å². The van der Waals surface area contributed by atoms with Crippen LogP contribution in [0.1, 0.15) is 35.6 Å². The molecule has 1 aliphatic carbocycles. The Kier molecular flexibility index (Phi) is 4.16. The monoisotopic (exact) mass is 262 g/mol. The topological polar surface area (TPSA) is 38.5 Å². The van der Waals surface area contributed by atoms with Crippen LogP contribution in [0.2, 0.25) is 0 Å². The lowest BCUT2D eigenvalue weighted by molar-refractivity contribution is 0.122. The summed E-state index contributed by atoms with van der Waals surface area (Å²) >= 11 is 0. The van der Waals surface area contributed by atoms with Crippen molar-refractivity contribution in [3.8, 4) is 5.75 Å². The minimum absolute atomic E-state index is 0.395. The van der Waals surface area contributed by atoms with Gasteiger partial charge >= 0.3 is 0 Å². The number of hydrogen-bond acceptors (Lipinski definition) is 3. The average molecular weight is 262 g/mol. The number of rotatable bonds is 4. The highest BCUT2D eigenvalue weighted by molar-refractivity contribution is 5.43. The van der Waals surface area contributed by atoms with E-state index in [1.165, 1.54) is 16.7 Å². The zero-order valence-electron chi connectivity index (χ0n) is 12.7. The van der Waals surface area contributed by atoms with Gasteiger partial charge in [0.1, 0.15) is 5.75 Å². The lowest BCUT2D eigenvalue weighted by Crippen LogP contribution is -2.43. The molecule has 0 radical (unpaired) electrons. The Morgan fingerprint density at radius 3 is 2.32 bits per heavy atom. The Bertz CT molecular complexity index is 450. The third-order valence-electron chi connectivity index (χ3n) is 4.32. The molecule has 0 heterocycles. The minimum Gasteiger partial charge on any atom is -0.496 e. The van der Waals surface area contributed by atoms with Crippen molar-refractivity contribution in [1.82, 2.24) is 4.90 Å². The second-order valence-electron chi connectivity index (χ2n) is 6.08. The number of hydrogen-bond donors (Lipinski definition) is 1. The molecule has 1 aromatic rings. The van der Waals surface area contributed by atoms with Gasteiger partial charge in [0, 0.05) is 12.1 Å². The summed E-state index contributed by atoms with van der Waals surface area (Å²) in [5, 5.41) is 0. The third-order valence-corrected chi connectivity index (χ3v) is 4.32. The van der Waals surface area contributed by atoms with E-state index in [9.17, 15) is 0 Å². The van der Waals surface area contributed by atoms with Crippen molar-refractivity contribution in [2.75, 3.05) is 21.2 Å². The molecule has 1 unspecified atom stereocenters. The zero-order chi connectivity index (χ0) is 14.2. The molecule has 0 saturated heterocycles. The van der Waals surface area contributed by atoms with Gasteiger partial charge in [-0.3, -0.25) is 0 Å². The van der Waals surface area contributed by atoms with E-state index < -0.39 is 0 Å². The van der Waals surface area contributed by atoms with Gasteiger partial charge in [-0.25, -0.2) is 0 Å². The molecular formula is C16H26N2O. The molecule has 1 saturated carbocycles. The second kappa shape index (κ2) is 5.51. The summed E-state index contributed by atoms with van der Waals surface area (Å²) in [6.45, 7) is 4.29. The highest BCUT2D eigenvalue weighted by Crippen LogP contribution is 2.42. The van der Waals surface area contributed by atoms with Crippen LogP contribution in [0, 0.1) is 19.8 Å². The van der Waals surface area contributed by atoms with Gasteiger partial charge < -0.3 is 15.4 Å². The molecule has 106 valence electrons. The number of methoxy groups -OCH3 is 1. The quantitative estimate of drug-likeness (QED) is 0.906. The molecule has 19 heavy (non-hydrogen) atoms. The summed E-state index contributed by atoms with van der Waals surface area (Å²) in [6, 6.07) is 5.29. The van der Waals surface area contributed by atoms with Gasteiger partial charge in [-0.1, -0.05) is 6.07 Å². The SMILES string of the molecule is COc1cc(C)c(C(C2CC(N)C2)N(C)C)cc1C. The van der Waals surface area contributed by atoms with E-state index >= 15 is 0 Å². The normalized spacial score (nSPS) is 24.2. The van der Waals surface area contributed by atoms with Gasteiger partial charge in [-0.05, 0) is 69.5 Å². The lowest BCUT2D eigenvalue weighted by Gasteiger charge is -2.42. The van der Waals surface area contributed by atoms with Crippen molar-refractivity contribution in [2.45, 2.75) is 38.8 Å². The van der Waals surface area contributed by atoms with Gasteiger partial charge in [0.2, 0.25) is 0 Å². The van der Waals surface area contributed by atoms with Crippen LogP contribution < -0.4 is 10.5 Å². The van der Waals surface area contributed by atoms with E-state index in [-0.39, 0.29) is 0 Å². The Hall–Kier alpha value is -1.06. The molecule has 1 fully saturated rings. The Morgan fingerprint density at radius 2 is 1.84 bits per heavy atom. The molecule has 3 heteroatoms. The summed E-state index contributed by atoms with van der Waals surface area (Å²) in [7, 11) is 6.05. The van der Waals surface area contributed by atoms with E-state index in [4.69, 9.17) is 10.5 Å². The van der Waals surface area contributed by atoms with Crippen LogP contribution in [0.25, 0.3) is 0 Å². The Balaban J connectivity index is 2.34. The summed E-state index contributed by atoms with van der Waals surface area (Å²) in [4.78, 5) is 2.32. The molecule has 1 aliphatic rings. The van der Waals surface area contributed by atoms with Crippen molar-refractivity contribution >= 4 is 0 Å². The highest BCUT2D eigenvalue weighted by atomic mass is 16.5. The van der Waals surface area contributed by atoms with Crippen molar-refractivity contribution in [3.05, 3.63) is 28.8 Å². The smallest absolute Gasteiger partial charge is 0.122 e. The van der Waals surface area contributed by atoms with E-state index in [2.05, 4.69) is 45.0 Å². The Labute approximate surface area is 116 Å². The largest absolute Gasteiger partial charge is 0.496 e. The number of nitrogens with two attached hydrogens (primary N) is 1. The maximum atomic E-state index is 5.96. The first-order valence-corrected chi connectivity index (χ1v) is 7.01. The fourth-order valence-corrected chi connectivity index (χ4v) is 3.27. The fraction of sp³-hybridized carbons (Fsp3) is 0.625. The van der Waals surface area contributed by atoms with E-state index in [1.807, 2.05) is 0 Å². The maximum absolute atomic E-state index is 5.96. The molecule has 1 atom stereocenters. The highest BCUT2D eigenvalue weighted by Gasteiger charge is 2.35. The first kappa shape index (κ1) is 14.4. The fourth-order valence-electron chi connectivity index (χ4n) is 3.27. The van der Waals surface area contributed by atoms with Gasteiger partial charge in [-0.2, -0.15) is 0 Å². The van der Waals surface area contributed by atoms with Crippen LogP contribution in [-0.2, 0) is 0 Å². The average Bonchev–Trinajstić information content (AvgIpc) is 2.30. The standard InChI is InChI=1S/C16H26N2O/c1-10-7-15(19-5)11(2)6-14(10)16(18(3)4)12-8-13(17)9-12/h6-7,12-13,16H,8-9,17H2,1-5H3. The Morgan fingerprint density at radius 1 is 1.21 bits per heavy atom. The van der Waals surface area contributed by atoms with Crippen molar-refractivity contribution in [1.29, 1.82) is 0 Å². The number of nitrogens with zero attached hydrogens (tertiary/aromatic N) is 1. The molecule has 2 N–H and O–H groups in total.